The van der Waals surface area contributed by atoms with Gasteiger partial charge in [-0.1, -0.05) is 6.07 Å². The molecule has 1 aromatic carbocycles. The van der Waals surface area contributed by atoms with E-state index in [2.05, 4.69) is 33.1 Å². The van der Waals surface area contributed by atoms with Crippen LogP contribution >= 0.6 is 12.4 Å². The zero-order valence-corrected chi connectivity index (χ0v) is 20.9. The van der Waals surface area contributed by atoms with Gasteiger partial charge in [0.05, 0.1) is 5.69 Å². The van der Waals surface area contributed by atoms with E-state index in [1.165, 1.54) is 28.5 Å². The number of aromatic nitrogens is 2. The quantitative estimate of drug-likeness (QED) is 0.507. The number of halogens is 1. The highest BCUT2D eigenvalue weighted by Crippen LogP contribution is 2.26. The molecule has 2 fully saturated rings. The largest absolute Gasteiger partial charge is 0.354 e. The number of aryl methyl sites for hydroxylation is 1. The average Bonchev–Trinajstić information content (AvgIpc) is 2.86. The second-order valence-electron chi connectivity index (χ2n) is 9.80. The van der Waals surface area contributed by atoms with E-state index in [-0.39, 0.29) is 24.3 Å². The fourth-order valence-corrected chi connectivity index (χ4v) is 5.38. The Kier molecular flexibility index (Phi) is 8.43. The van der Waals surface area contributed by atoms with E-state index in [9.17, 15) is 9.59 Å². The first-order chi connectivity index (χ1) is 16.5. The van der Waals surface area contributed by atoms with Gasteiger partial charge in [-0.3, -0.25) is 9.88 Å². The lowest BCUT2D eigenvalue weighted by Crippen LogP contribution is -2.48. The molecule has 1 saturated heterocycles. The number of piperazine rings is 1. The molecule has 2 heterocycles. The summed E-state index contributed by atoms with van der Waals surface area (Å²) in [5.74, 6) is 0.278. The van der Waals surface area contributed by atoms with Gasteiger partial charge in [0, 0.05) is 50.5 Å². The monoisotopic (exact) mass is 501 g/mol. The molecule has 10 heteroatoms. The maximum atomic E-state index is 12.7. The van der Waals surface area contributed by atoms with Gasteiger partial charge in [0.15, 0.2) is 0 Å². The molecule has 0 spiro atoms. The molecule has 5 rings (SSSR count). The van der Waals surface area contributed by atoms with Crippen LogP contribution in [0.15, 0.2) is 35.3 Å². The number of nitrogens with one attached hydrogen (secondary N) is 3. The van der Waals surface area contributed by atoms with E-state index in [4.69, 9.17) is 5.73 Å². The maximum absolute atomic E-state index is 12.7. The number of urea groups is 1. The average molecular weight is 502 g/mol. The Morgan fingerprint density at radius 2 is 1.80 bits per heavy atom. The molecule has 0 radical (unpaired) electrons. The second-order valence-corrected chi connectivity index (χ2v) is 9.80. The minimum atomic E-state index is -0.399. The standard InChI is InChI=1S/C25H35N7O2.ClH/c26-19-3-6-20(7-4-19)28-21-5-1-18-16-22(8-2-17(18)15-21)32-12-9-23(30-25(32)34)29-24(33)31-13-10-27-11-14-31;/h2,8-9,12,16,19-21,27-28H,1,3-7,10-11,13-15,26H2,(H,29,30,33,34);1H. The van der Waals surface area contributed by atoms with Crippen LogP contribution in [0.25, 0.3) is 5.69 Å². The predicted octanol–water partition coefficient (Wildman–Crippen LogP) is 1.81. The molecule has 9 nitrogen and oxygen atoms in total. The molecule has 0 bridgehead atoms. The van der Waals surface area contributed by atoms with E-state index >= 15 is 0 Å². The number of carbonyl (C=O) groups is 1. The van der Waals surface area contributed by atoms with Crippen LogP contribution in [0.1, 0.15) is 43.2 Å². The lowest BCUT2D eigenvalue weighted by atomic mass is 9.85. The summed E-state index contributed by atoms with van der Waals surface area (Å²) in [4.78, 5) is 30.9. The number of hydrogen-bond acceptors (Lipinski definition) is 6. The van der Waals surface area contributed by atoms with Crippen molar-refractivity contribution in [1.29, 1.82) is 0 Å². The number of rotatable bonds is 4. The Bertz CT molecular complexity index is 1080. The van der Waals surface area contributed by atoms with Crippen molar-refractivity contribution in [2.75, 3.05) is 31.5 Å². The van der Waals surface area contributed by atoms with Gasteiger partial charge >= 0.3 is 11.7 Å². The SMILES string of the molecule is Cl.NC1CCC(NC2CCc3cc(-n4ccc(NC(=O)N5CCNCC5)nc4=O)ccc3C2)CC1. The summed E-state index contributed by atoms with van der Waals surface area (Å²) in [6.45, 7) is 2.83. The zero-order chi connectivity index (χ0) is 23.5. The molecule has 1 aliphatic heterocycles. The van der Waals surface area contributed by atoms with Gasteiger partial charge in [-0.25, -0.2) is 9.59 Å². The number of anilines is 1. The highest BCUT2D eigenvalue weighted by Gasteiger charge is 2.24. The predicted molar refractivity (Wildman–Crippen MR) is 140 cm³/mol. The van der Waals surface area contributed by atoms with Crippen molar-refractivity contribution in [3.05, 3.63) is 52.1 Å². The van der Waals surface area contributed by atoms with Gasteiger partial charge in [-0.2, -0.15) is 4.98 Å². The molecule has 5 N–H and O–H groups in total. The Hall–Kier alpha value is -2.46. The lowest BCUT2D eigenvalue weighted by Gasteiger charge is -2.33. The summed E-state index contributed by atoms with van der Waals surface area (Å²) in [5, 5.41) is 9.81. The Morgan fingerprint density at radius 3 is 2.54 bits per heavy atom. The topological polar surface area (TPSA) is 117 Å². The number of amides is 2. The van der Waals surface area contributed by atoms with Crippen LogP contribution in [0.5, 0.6) is 0 Å². The summed E-state index contributed by atoms with van der Waals surface area (Å²) >= 11 is 0. The van der Waals surface area contributed by atoms with Crippen LogP contribution in [0, 0.1) is 0 Å². The number of nitrogens with zero attached hydrogens (tertiary/aromatic N) is 3. The van der Waals surface area contributed by atoms with Crippen LogP contribution in [-0.4, -0.2) is 64.8 Å². The van der Waals surface area contributed by atoms with Crippen molar-refractivity contribution < 1.29 is 4.79 Å². The molecular weight excluding hydrogens is 466 g/mol. The third kappa shape index (κ3) is 6.22. The number of carbonyl (C=O) groups excluding carboxylic acids is 1. The molecule has 2 aliphatic carbocycles. The molecule has 1 unspecified atom stereocenters. The van der Waals surface area contributed by atoms with Gasteiger partial charge in [0.25, 0.3) is 0 Å². The van der Waals surface area contributed by atoms with Gasteiger partial charge < -0.3 is 21.3 Å². The molecule has 1 aromatic heterocycles. The first-order valence-electron chi connectivity index (χ1n) is 12.6. The van der Waals surface area contributed by atoms with E-state index in [1.807, 2.05) is 6.07 Å². The second kappa shape index (κ2) is 11.5. The van der Waals surface area contributed by atoms with E-state index in [1.54, 1.807) is 17.2 Å². The van der Waals surface area contributed by atoms with Crippen molar-refractivity contribution in [2.24, 2.45) is 5.73 Å². The van der Waals surface area contributed by atoms with Gasteiger partial charge in [-0.15, -0.1) is 12.4 Å². The normalized spacial score (nSPS) is 24.3. The summed E-state index contributed by atoms with van der Waals surface area (Å²) in [7, 11) is 0. The van der Waals surface area contributed by atoms with Crippen molar-refractivity contribution in [3.8, 4) is 5.69 Å². The summed E-state index contributed by atoms with van der Waals surface area (Å²) < 4.78 is 1.54. The van der Waals surface area contributed by atoms with E-state index in [0.29, 0.717) is 31.2 Å². The highest BCUT2D eigenvalue weighted by atomic mass is 35.5. The van der Waals surface area contributed by atoms with Gasteiger partial charge in [0.1, 0.15) is 5.82 Å². The van der Waals surface area contributed by atoms with Gasteiger partial charge in [-0.05, 0) is 74.3 Å². The number of benzene rings is 1. The third-order valence-electron chi connectivity index (χ3n) is 7.38. The van der Waals surface area contributed by atoms with Crippen molar-refractivity contribution in [1.82, 2.24) is 25.1 Å². The number of hydrogen-bond donors (Lipinski definition) is 4. The van der Waals surface area contributed by atoms with E-state index < -0.39 is 5.69 Å². The third-order valence-corrected chi connectivity index (χ3v) is 7.38. The summed E-state index contributed by atoms with van der Waals surface area (Å²) in [6, 6.07) is 9.15. The Balaban J connectivity index is 0.00000289. The lowest BCUT2D eigenvalue weighted by molar-refractivity contribution is 0.204. The molecule has 3 aliphatic rings. The van der Waals surface area contributed by atoms with Crippen LogP contribution in [0.2, 0.25) is 0 Å². The minimum absolute atomic E-state index is 0. The van der Waals surface area contributed by atoms with Crippen LogP contribution < -0.4 is 27.4 Å². The van der Waals surface area contributed by atoms with Crippen LogP contribution in [-0.2, 0) is 12.8 Å². The maximum Gasteiger partial charge on any atom is 0.354 e. The fraction of sp³-hybridized carbons (Fsp3) is 0.560. The molecule has 190 valence electrons. The minimum Gasteiger partial charge on any atom is -0.328 e. The fourth-order valence-electron chi connectivity index (χ4n) is 5.38. The molecular formula is C25H36ClN7O2. The first kappa shape index (κ1) is 25.6. The molecule has 2 amide bonds. The Labute approximate surface area is 212 Å². The molecule has 1 atom stereocenters. The molecule has 1 saturated carbocycles. The van der Waals surface area contributed by atoms with Crippen LogP contribution in [0.3, 0.4) is 0 Å². The highest BCUT2D eigenvalue weighted by molar-refractivity contribution is 5.88. The zero-order valence-electron chi connectivity index (χ0n) is 20.0. The van der Waals surface area contributed by atoms with E-state index in [0.717, 1.165) is 50.9 Å². The van der Waals surface area contributed by atoms with Crippen molar-refractivity contribution in [2.45, 2.75) is 63.1 Å². The van der Waals surface area contributed by atoms with Crippen molar-refractivity contribution in [3.63, 3.8) is 0 Å². The smallest absolute Gasteiger partial charge is 0.328 e. The number of fused-ring (bicyclic) bond motifs is 1. The summed E-state index contributed by atoms with van der Waals surface area (Å²) in [6.07, 6.45) is 9.37. The Morgan fingerprint density at radius 1 is 1.03 bits per heavy atom. The molecule has 2 aromatic rings. The van der Waals surface area contributed by atoms with Crippen molar-refractivity contribution >= 4 is 24.3 Å². The number of nitrogens with two attached hydrogens (primary N) is 1. The first-order valence-corrected chi connectivity index (χ1v) is 12.6. The van der Waals surface area contributed by atoms with Crippen LogP contribution in [0.4, 0.5) is 10.6 Å². The molecule has 35 heavy (non-hydrogen) atoms. The van der Waals surface area contributed by atoms with Gasteiger partial charge in [0.2, 0.25) is 0 Å². The summed E-state index contributed by atoms with van der Waals surface area (Å²) in [5.41, 5.74) is 9.10.